The normalized spacial score (nSPS) is 12.1. The number of thiazole rings is 1. The third-order valence-electron chi connectivity index (χ3n) is 6.35. The highest BCUT2D eigenvalue weighted by atomic mass is 32.1. The molecule has 0 aliphatic heterocycles. The Hall–Kier alpha value is -3.50. The summed E-state index contributed by atoms with van der Waals surface area (Å²) in [5, 5.41) is 1.07. The Bertz CT molecular complexity index is 1460. The Balaban J connectivity index is 1.61. The fraction of sp³-hybridized carbons (Fsp3) is 0.226. The number of para-hydroxylation sites is 2. The van der Waals surface area contributed by atoms with E-state index in [1.807, 2.05) is 0 Å². The Morgan fingerprint density at radius 1 is 0.914 bits per heavy atom. The summed E-state index contributed by atoms with van der Waals surface area (Å²) in [6.07, 6.45) is 13.8. The molecule has 0 aliphatic carbocycles. The molecule has 176 valence electrons. The number of aromatic nitrogens is 3. The first-order valence-electron chi connectivity index (χ1n) is 12.6. The molecule has 0 saturated carbocycles. The third kappa shape index (κ3) is 4.85. The maximum absolute atomic E-state index is 4.90. The molecule has 0 aliphatic rings. The van der Waals surface area contributed by atoms with Crippen molar-refractivity contribution < 1.29 is 4.57 Å². The molecule has 0 unspecified atom stereocenters. The summed E-state index contributed by atoms with van der Waals surface area (Å²) < 4.78 is 5.99. The van der Waals surface area contributed by atoms with Crippen LogP contribution in [0.3, 0.4) is 0 Å². The first-order valence-corrected chi connectivity index (χ1v) is 13.4. The summed E-state index contributed by atoms with van der Waals surface area (Å²) >= 11 is 1.75. The third-order valence-corrected chi connectivity index (χ3v) is 7.44. The quantitative estimate of drug-likeness (QED) is 0.118. The SMILES string of the molecule is CCCCC/C=C/C=C/c1n(-c2ccccc2)c2ccc(-c3nc4ccccc4s3)cc2[n+]1CC. The van der Waals surface area contributed by atoms with Crippen LogP contribution in [0, 0.1) is 0 Å². The van der Waals surface area contributed by atoms with E-state index in [0.717, 1.165) is 29.1 Å². The Labute approximate surface area is 211 Å². The zero-order valence-electron chi connectivity index (χ0n) is 20.5. The Morgan fingerprint density at radius 3 is 2.54 bits per heavy atom. The van der Waals surface area contributed by atoms with Crippen LogP contribution in [0.5, 0.6) is 0 Å². The Morgan fingerprint density at radius 2 is 1.74 bits per heavy atom. The molecule has 0 saturated heterocycles. The number of hydrogen-bond acceptors (Lipinski definition) is 2. The first kappa shape index (κ1) is 23.3. The highest BCUT2D eigenvalue weighted by molar-refractivity contribution is 7.21. The van der Waals surface area contributed by atoms with Crippen molar-refractivity contribution in [3.05, 3.63) is 96.8 Å². The summed E-state index contributed by atoms with van der Waals surface area (Å²) in [6.45, 7) is 5.36. The van der Waals surface area contributed by atoms with Gasteiger partial charge in [-0.05, 0) is 62.2 Å². The number of rotatable bonds is 9. The van der Waals surface area contributed by atoms with E-state index in [-0.39, 0.29) is 0 Å². The first-order chi connectivity index (χ1) is 17.3. The van der Waals surface area contributed by atoms with E-state index in [2.05, 4.69) is 120 Å². The van der Waals surface area contributed by atoms with Gasteiger partial charge in [0, 0.05) is 11.6 Å². The lowest BCUT2D eigenvalue weighted by Gasteiger charge is -2.00. The van der Waals surface area contributed by atoms with Gasteiger partial charge in [0.05, 0.1) is 16.8 Å². The molecular formula is C31H32N3S+. The van der Waals surface area contributed by atoms with Gasteiger partial charge in [-0.2, -0.15) is 4.57 Å². The molecule has 0 amide bonds. The summed E-state index contributed by atoms with van der Waals surface area (Å²) in [5.41, 5.74) is 5.82. The second-order valence-corrected chi connectivity index (χ2v) is 9.78. The lowest BCUT2D eigenvalue weighted by molar-refractivity contribution is -0.670. The molecule has 0 fully saturated rings. The van der Waals surface area contributed by atoms with Gasteiger partial charge >= 0.3 is 0 Å². The molecule has 2 aromatic heterocycles. The summed E-state index contributed by atoms with van der Waals surface area (Å²) in [4.78, 5) is 4.90. The molecule has 2 heterocycles. The van der Waals surface area contributed by atoms with E-state index >= 15 is 0 Å². The number of imidazole rings is 1. The predicted molar refractivity (Wildman–Crippen MR) is 150 cm³/mol. The molecule has 0 radical (unpaired) electrons. The van der Waals surface area contributed by atoms with Gasteiger partial charge < -0.3 is 0 Å². The smallest absolute Gasteiger partial charge is 0.236 e. The van der Waals surface area contributed by atoms with Gasteiger partial charge in [-0.1, -0.05) is 68.3 Å². The lowest BCUT2D eigenvalue weighted by atomic mass is 10.2. The predicted octanol–water partition coefficient (Wildman–Crippen LogP) is 8.36. The number of aryl methyl sites for hydroxylation is 1. The van der Waals surface area contributed by atoms with Crippen molar-refractivity contribution in [1.29, 1.82) is 0 Å². The van der Waals surface area contributed by atoms with E-state index in [0.29, 0.717) is 0 Å². The molecular weight excluding hydrogens is 446 g/mol. The number of nitrogens with zero attached hydrogens (tertiary/aromatic N) is 3. The van der Waals surface area contributed by atoms with Crippen molar-refractivity contribution in [2.24, 2.45) is 0 Å². The van der Waals surface area contributed by atoms with Crippen molar-refractivity contribution in [2.75, 3.05) is 0 Å². The summed E-state index contributed by atoms with van der Waals surface area (Å²) in [7, 11) is 0. The fourth-order valence-corrected chi connectivity index (χ4v) is 5.56. The second-order valence-electron chi connectivity index (χ2n) is 8.75. The van der Waals surface area contributed by atoms with Crippen molar-refractivity contribution >= 4 is 38.7 Å². The van der Waals surface area contributed by atoms with E-state index < -0.39 is 0 Å². The zero-order chi connectivity index (χ0) is 24.0. The number of hydrogen-bond donors (Lipinski definition) is 0. The molecule has 0 atom stereocenters. The lowest BCUT2D eigenvalue weighted by Crippen LogP contribution is -2.35. The van der Waals surface area contributed by atoms with Crippen molar-refractivity contribution in [1.82, 2.24) is 9.55 Å². The summed E-state index contributed by atoms with van der Waals surface area (Å²) in [5.74, 6) is 1.17. The van der Waals surface area contributed by atoms with Crippen LogP contribution in [0.2, 0.25) is 0 Å². The zero-order valence-corrected chi connectivity index (χ0v) is 21.3. The molecule has 3 aromatic carbocycles. The van der Waals surface area contributed by atoms with E-state index in [1.54, 1.807) is 11.3 Å². The minimum absolute atomic E-state index is 0.888. The average molecular weight is 479 g/mol. The van der Waals surface area contributed by atoms with Gasteiger partial charge in [0.15, 0.2) is 11.0 Å². The highest BCUT2D eigenvalue weighted by Crippen LogP contribution is 2.32. The molecule has 35 heavy (non-hydrogen) atoms. The minimum Gasteiger partial charge on any atom is -0.236 e. The molecule has 4 heteroatoms. The molecule has 3 nitrogen and oxygen atoms in total. The van der Waals surface area contributed by atoms with Crippen LogP contribution in [-0.2, 0) is 6.54 Å². The van der Waals surface area contributed by atoms with Crippen molar-refractivity contribution in [3.63, 3.8) is 0 Å². The largest absolute Gasteiger partial charge is 0.287 e. The molecule has 0 bridgehead atoms. The molecule has 5 aromatic rings. The molecule has 5 rings (SSSR count). The van der Waals surface area contributed by atoms with E-state index in [4.69, 9.17) is 4.98 Å². The van der Waals surface area contributed by atoms with Crippen LogP contribution in [0.1, 0.15) is 45.4 Å². The van der Waals surface area contributed by atoms with Gasteiger partial charge in [0.1, 0.15) is 10.7 Å². The van der Waals surface area contributed by atoms with Crippen LogP contribution in [0.15, 0.2) is 91.0 Å². The minimum atomic E-state index is 0.888. The average Bonchev–Trinajstić information content (AvgIpc) is 3.47. The van der Waals surface area contributed by atoms with Crippen LogP contribution < -0.4 is 4.57 Å². The van der Waals surface area contributed by atoms with Crippen LogP contribution in [0.4, 0.5) is 0 Å². The van der Waals surface area contributed by atoms with Crippen molar-refractivity contribution in [3.8, 4) is 16.3 Å². The maximum atomic E-state index is 4.90. The van der Waals surface area contributed by atoms with Crippen LogP contribution in [-0.4, -0.2) is 9.55 Å². The van der Waals surface area contributed by atoms with Gasteiger partial charge in [0.25, 0.3) is 5.82 Å². The van der Waals surface area contributed by atoms with Crippen LogP contribution >= 0.6 is 11.3 Å². The number of benzene rings is 3. The number of unbranched alkanes of at least 4 members (excludes halogenated alkanes) is 3. The van der Waals surface area contributed by atoms with E-state index in [1.165, 1.54) is 46.5 Å². The standard InChI is InChI=1S/C31H32N3S/c1-3-5-6-7-8-9-13-20-30-33(4-2)28-23-24(31-32-26-18-14-15-19-29(26)35-31)21-22-27(28)34(30)25-16-11-10-12-17-25/h8-23H,3-7H2,1-2H3/q+1/b9-8+,20-13+. The second kappa shape index (κ2) is 10.8. The monoisotopic (exact) mass is 478 g/mol. The van der Waals surface area contributed by atoms with E-state index in [9.17, 15) is 0 Å². The van der Waals surface area contributed by atoms with Gasteiger partial charge in [-0.3, -0.25) is 0 Å². The van der Waals surface area contributed by atoms with Crippen molar-refractivity contribution in [2.45, 2.75) is 46.1 Å². The molecule has 0 spiro atoms. The van der Waals surface area contributed by atoms with Crippen LogP contribution in [0.25, 0.3) is 43.6 Å². The topological polar surface area (TPSA) is 21.7 Å². The Kier molecular flexibility index (Phi) is 7.20. The molecule has 0 N–H and O–H groups in total. The number of fused-ring (bicyclic) bond motifs is 2. The highest BCUT2D eigenvalue weighted by Gasteiger charge is 2.24. The van der Waals surface area contributed by atoms with Gasteiger partial charge in [-0.15, -0.1) is 11.3 Å². The summed E-state index contributed by atoms with van der Waals surface area (Å²) in [6, 6.07) is 25.8. The maximum Gasteiger partial charge on any atom is 0.287 e. The van der Waals surface area contributed by atoms with Gasteiger partial charge in [0.2, 0.25) is 0 Å². The fourth-order valence-electron chi connectivity index (χ4n) is 4.60. The van der Waals surface area contributed by atoms with Gasteiger partial charge in [-0.25, -0.2) is 9.55 Å². The number of allylic oxidation sites excluding steroid dienone is 3.